The summed E-state index contributed by atoms with van der Waals surface area (Å²) in [5.41, 5.74) is 2.30. The molecule has 144 valence electrons. The summed E-state index contributed by atoms with van der Waals surface area (Å²) < 4.78 is 0. The first-order valence-electron chi connectivity index (χ1n) is 9.64. The van der Waals surface area contributed by atoms with Gasteiger partial charge in [0.1, 0.15) is 5.82 Å². The Labute approximate surface area is 161 Å². The van der Waals surface area contributed by atoms with Crippen LogP contribution in [0.2, 0.25) is 0 Å². The zero-order chi connectivity index (χ0) is 19.1. The maximum absolute atomic E-state index is 12.7. The zero-order valence-corrected chi connectivity index (χ0v) is 16.3. The van der Waals surface area contributed by atoms with Crippen molar-refractivity contribution in [3.63, 3.8) is 0 Å². The summed E-state index contributed by atoms with van der Waals surface area (Å²) in [6.07, 6.45) is 6.43. The number of fused-ring (bicyclic) bond motifs is 2. The maximum Gasteiger partial charge on any atom is 0.236 e. The Morgan fingerprint density at radius 1 is 0.963 bits per heavy atom. The van der Waals surface area contributed by atoms with E-state index in [-0.39, 0.29) is 5.91 Å². The summed E-state index contributed by atoms with van der Waals surface area (Å²) in [6, 6.07) is 10.3. The van der Waals surface area contributed by atoms with Crippen LogP contribution in [0.4, 0.5) is 5.82 Å². The number of amides is 1. The molecule has 0 saturated carbocycles. The highest BCUT2D eigenvalue weighted by molar-refractivity contribution is 5.78. The fourth-order valence-electron chi connectivity index (χ4n) is 3.36. The molecule has 0 atom stereocenters. The number of aromatic nitrogens is 2. The van der Waals surface area contributed by atoms with E-state index in [1.54, 1.807) is 12.4 Å². The van der Waals surface area contributed by atoms with Crippen LogP contribution in [0.1, 0.15) is 24.1 Å². The Kier molecular flexibility index (Phi) is 6.76. The first-order valence-corrected chi connectivity index (χ1v) is 9.64. The number of carbonyl (C=O) groups excluding carboxylic acids is 1. The van der Waals surface area contributed by atoms with Crippen LogP contribution in [-0.2, 0) is 17.8 Å². The summed E-state index contributed by atoms with van der Waals surface area (Å²) in [6.45, 7) is 3.71. The van der Waals surface area contributed by atoms with Crippen LogP contribution < -0.4 is 4.90 Å². The molecule has 0 aromatic carbocycles. The molecule has 3 rings (SSSR count). The van der Waals surface area contributed by atoms with Gasteiger partial charge in [-0.3, -0.25) is 14.7 Å². The first-order chi connectivity index (χ1) is 13.1. The van der Waals surface area contributed by atoms with E-state index in [1.807, 2.05) is 24.1 Å². The fraction of sp³-hybridized carbons (Fsp3) is 0.476. The minimum absolute atomic E-state index is 0.181. The second kappa shape index (κ2) is 9.46. The number of likely N-dealkylation sites (N-methyl/N-ethyl adjacent to an activating group) is 1. The monoisotopic (exact) mass is 367 g/mol. The van der Waals surface area contributed by atoms with E-state index in [9.17, 15) is 4.79 Å². The van der Waals surface area contributed by atoms with Crippen molar-refractivity contribution in [3.05, 3.63) is 54.0 Å². The standard InChI is InChI=1S/C21H29N5O/c1-24-13-5-14-25(2)21(27)17-26(16-18-9-11-22-12-10-18)15-4-7-19-6-3-8-20(24)23-19/h3,6,8-12H,4-5,7,13-17H2,1-2H3. The average molecular weight is 367 g/mol. The molecule has 0 aliphatic carbocycles. The number of anilines is 1. The molecule has 0 spiro atoms. The van der Waals surface area contributed by atoms with Crippen LogP contribution in [0.25, 0.3) is 0 Å². The molecule has 1 aliphatic heterocycles. The summed E-state index contributed by atoms with van der Waals surface area (Å²) in [5, 5.41) is 0. The molecule has 0 unspecified atom stereocenters. The number of rotatable bonds is 2. The molecular formula is C21H29N5O. The van der Waals surface area contributed by atoms with Gasteiger partial charge in [0.15, 0.2) is 0 Å². The molecule has 27 heavy (non-hydrogen) atoms. The van der Waals surface area contributed by atoms with E-state index in [0.29, 0.717) is 6.54 Å². The maximum atomic E-state index is 12.7. The normalized spacial score (nSPS) is 17.6. The van der Waals surface area contributed by atoms with Crippen molar-refractivity contribution in [2.24, 2.45) is 0 Å². The molecular weight excluding hydrogens is 338 g/mol. The number of nitrogens with zero attached hydrogens (tertiary/aromatic N) is 5. The van der Waals surface area contributed by atoms with Crippen LogP contribution >= 0.6 is 0 Å². The molecule has 0 saturated heterocycles. The van der Waals surface area contributed by atoms with Gasteiger partial charge in [-0.05, 0) is 55.6 Å². The van der Waals surface area contributed by atoms with Gasteiger partial charge in [-0.15, -0.1) is 0 Å². The van der Waals surface area contributed by atoms with E-state index in [4.69, 9.17) is 4.98 Å². The Bertz CT molecular complexity index is 736. The number of aryl methyl sites for hydroxylation is 1. The van der Waals surface area contributed by atoms with Crippen LogP contribution in [0.15, 0.2) is 42.7 Å². The number of pyridine rings is 2. The molecule has 2 aromatic heterocycles. The van der Waals surface area contributed by atoms with Crippen molar-refractivity contribution >= 4 is 11.7 Å². The van der Waals surface area contributed by atoms with Crippen molar-refractivity contribution in [2.75, 3.05) is 45.2 Å². The topological polar surface area (TPSA) is 52.6 Å². The zero-order valence-electron chi connectivity index (χ0n) is 16.3. The molecule has 3 heterocycles. The van der Waals surface area contributed by atoms with Crippen molar-refractivity contribution < 1.29 is 4.79 Å². The molecule has 6 heteroatoms. The van der Waals surface area contributed by atoms with Crippen LogP contribution in [0.5, 0.6) is 0 Å². The first kappa shape index (κ1) is 19.3. The van der Waals surface area contributed by atoms with Gasteiger partial charge in [-0.25, -0.2) is 4.98 Å². The minimum Gasteiger partial charge on any atom is -0.360 e. The Morgan fingerprint density at radius 2 is 1.74 bits per heavy atom. The van der Waals surface area contributed by atoms with E-state index < -0.39 is 0 Å². The third-order valence-corrected chi connectivity index (χ3v) is 5.02. The van der Waals surface area contributed by atoms with E-state index in [1.165, 1.54) is 5.56 Å². The highest BCUT2D eigenvalue weighted by Gasteiger charge is 2.16. The van der Waals surface area contributed by atoms with Gasteiger partial charge >= 0.3 is 0 Å². The molecule has 0 N–H and O–H groups in total. The van der Waals surface area contributed by atoms with Crippen molar-refractivity contribution in [3.8, 4) is 0 Å². The third-order valence-electron chi connectivity index (χ3n) is 5.02. The van der Waals surface area contributed by atoms with Gasteiger partial charge in [-0.2, -0.15) is 0 Å². The summed E-state index contributed by atoms with van der Waals surface area (Å²) >= 11 is 0. The minimum atomic E-state index is 0.181. The molecule has 2 aromatic rings. The molecule has 2 bridgehead atoms. The Balaban J connectivity index is 1.74. The highest BCUT2D eigenvalue weighted by Crippen LogP contribution is 2.13. The van der Waals surface area contributed by atoms with E-state index in [0.717, 1.165) is 57.0 Å². The van der Waals surface area contributed by atoms with Gasteiger partial charge in [0, 0.05) is 51.8 Å². The lowest BCUT2D eigenvalue weighted by molar-refractivity contribution is -0.131. The van der Waals surface area contributed by atoms with E-state index >= 15 is 0 Å². The second-order valence-corrected chi connectivity index (χ2v) is 7.25. The van der Waals surface area contributed by atoms with Crippen molar-refractivity contribution in [2.45, 2.75) is 25.8 Å². The summed E-state index contributed by atoms with van der Waals surface area (Å²) in [7, 11) is 3.97. The fourth-order valence-corrected chi connectivity index (χ4v) is 3.36. The lowest BCUT2D eigenvalue weighted by Gasteiger charge is -2.27. The lowest BCUT2D eigenvalue weighted by atomic mass is 10.2. The molecule has 0 radical (unpaired) electrons. The largest absolute Gasteiger partial charge is 0.360 e. The third kappa shape index (κ3) is 5.76. The molecule has 1 aliphatic rings. The summed E-state index contributed by atoms with van der Waals surface area (Å²) in [5.74, 6) is 1.19. The lowest BCUT2D eigenvalue weighted by Crippen LogP contribution is -2.39. The number of carbonyl (C=O) groups is 1. The van der Waals surface area contributed by atoms with Crippen LogP contribution in [-0.4, -0.2) is 65.9 Å². The Morgan fingerprint density at radius 3 is 2.56 bits per heavy atom. The van der Waals surface area contributed by atoms with E-state index in [2.05, 4.69) is 40.0 Å². The van der Waals surface area contributed by atoms with Gasteiger partial charge in [0.2, 0.25) is 5.91 Å². The SMILES string of the molecule is CN1CCCN(C)c2cccc(n2)CCCN(Cc2ccncc2)CC1=O. The predicted molar refractivity (Wildman–Crippen MR) is 108 cm³/mol. The predicted octanol–water partition coefficient (Wildman–Crippen LogP) is 2.21. The smallest absolute Gasteiger partial charge is 0.236 e. The van der Waals surface area contributed by atoms with Crippen LogP contribution in [0, 0.1) is 0 Å². The quantitative estimate of drug-likeness (QED) is 0.815. The highest BCUT2D eigenvalue weighted by atomic mass is 16.2. The molecule has 1 amide bonds. The van der Waals surface area contributed by atoms with Gasteiger partial charge in [0.25, 0.3) is 0 Å². The summed E-state index contributed by atoms with van der Waals surface area (Å²) in [4.78, 5) is 27.8. The second-order valence-electron chi connectivity index (χ2n) is 7.25. The number of hydrogen-bond donors (Lipinski definition) is 0. The van der Waals surface area contributed by atoms with Crippen molar-refractivity contribution in [1.82, 2.24) is 19.8 Å². The Hall–Kier alpha value is -2.47. The number of hydrogen-bond acceptors (Lipinski definition) is 5. The molecule has 6 nitrogen and oxygen atoms in total. The van der Waals surface area contributed by atoms with Crippen molar-refractivity contribution in [1.29, 1.82) is 0 Å². The van der Waals surface area contributed by atoms with Crippen LogP contribution in [0.3, 0.4) is 0 Å². The van der Waals surface area contributed by atoms with Gasteiger partial charge < -0.3 is 9.80 Å². The van der Waals surface area contributed by atoms with Gasteiger partial charge in [0.05, 0.1) is 6.54 Å². The van der Waals surface area contributed by atoms with Gasteiger partial charge in [-0.1, -0.05) is 6.07 Å². The molecule has 0 fully saturated rings. The average Bonchev–Trinajstić information content (AvgIpc) is 2.68.